The van der Waals surface area contributed by atoms with Crippen molar-refractivity contribution in [1.29, 1.82) is 0 Å². The maximum absolute atomic E-state index is 12.5. The van der Waals surface area contributed by atoms with Gasteiger partial charge in [0.05, 0.1) is 12.7 Å². The molecule has 7 nitrogen and oxygen atoms in total. The first-order chi connectivity index (χ1) is 13.1. The van der Waals surface area contributed by atoms with Crippen LogP contribution in [0.4, 0.5) is 0 Å². The lowest BCUT2D eigenvalue weighted by atomic mass is 9.89. The lowest BCUT2D eigenvalue weighted by Crippen LogP contribution is -2.01. The highest BCUT2D eigenvalue weighted by molar-refractivity contribution is 6.14. The fourth-order valence-electron chi connectivity index (χ4n) is 3.68. The molecule has 0 spiro atoms. The number of hydrogen-bond donors (Lipinski definition) is 2. The number of fused-ring (bicyclic) bond motifs is 3. The van der Waals surface area contributed by atoms with Gasteiger partial charge in [0.2, 0.25) is 6.79 Å². The number of phenols is 2. The number of rotatable bonds is 2. The lowest BCUT2D eigenvalue weighted by Gasteiger charge is -2.16. The maximum Gasteiger partial charge on any atom is 0.339 e. The van der Waals surface area contributed by atoms with Crippen LogP contribution in [0.25, 0.3) is 21.9 Å². The Morgan fingerprint density at radius 1 is 0.926 bits per heavy atom. The summed E-state index contributed by atoms with van der Waals surface area (Å²) in [5.74, 6) is 0.692. The van der Waals surface area contributed by atoms with E-state index in [1.807, 2.05) is 6.07 Å². The fraction of sp³-hybridized carbons (Fsp3) is 0.150. The van der Waals surface area contributed by atoms with Gasteiger partial charge in [0.1, 0.15) is 12.4 Å². The number of carbonyl (C=O) groups excluding carboxylic acids is 1. The third kappa shape index (κ3) is 2.11. The van der Waals surface area contributed by atoms with Crippen molar-refractivity contribution in [3.05, 3.63) is 41.5 Å². The number of carbonyl (C=O) groups is 1. The van der Waals surface area contributed by atoms with Gasteiger partial charge in [0.25, 0.3) is 0 Å². The van der Waals surface area contributed by atoms with Crippen molar-refractivity contribution in [3.63, 3.8) is 0 Å². The Balaban J connectivity index is 1.95. The van der Waals surface area contributed by atoms with Crippen LogP contribution in [0, 0.1) is 0 Å². The molecule has 0 aromatic heterocycles. The quantitative estimate of drug-likeness (QED) is 0.531. The Morgan fingerprint density at radius 2 is 1.67 bits per heavy atom. The third-order valence-corrected chi connectivity index (χ3v) is 4.87. The van der Waals surface area contributed by atoms with Crippen molar-refractivity contribution in [2.75, 3.05) is 13.9 Å². The van der Waals surface area contributed by atoms with E-state index in [4.69, 9.17) is 18.9 Å². The van der Waals surface area contributed by atoms with E-state index in [-0.39, 0.29) is 24.9 Å². The molecule has 0 radical (unpaired) electrons. The van der Waals surface area contributed by atoms with E-state index < -0.39 is 5.97 Å². The number of methoxy groups -OCH3 is 1. The predicted octanol–water partition coefficient (Wildman–Crippen LogP) is 3.33. The molecule has 2 N–H and O–H groups in total. The molecule has 5 rings (SSSR count). The standard InChI is InChI=1S/C20H14O7/c1-24-19-11-6-16-15(26-8-27-16)5-10(11)17(18-12(19)7-25-20(18)23)9-2-3-13(21)14(22)4-9/h2-6,21-22H,7-8H2,1H3. The van der Waals surface area contributed by atoms with Gasteiger partial charge in [0.15, 0.2) is 23.0 Å². The Morgan fingerprint density at radius 3 is 2.37 bits per heavy atom. The van der Waals surface area contributed by atoms with Crippen molar-refractivity contribution in [1.82, 2.24) is 0 Å². The van der Waals surface area contributed by atoms with Crippen LogP contribution in [0.5, 0.6) is 28.7 Å². The molecule has 7 heteroatoms. The Labute approximate surface area is 153 Å². The zero-order chi connectivity index (χ0) is 18.7. The Hall–Kier alpha value is -3.61. The van der Waals surface area contributed by atoms with Crippen molar-refractivity contribution < 1.29 is 34.0 Å². The summed E-state index contributed by atoms with van der Waals surface area (Å²) in [5.41, 5.74) is 2.16. The van der Waals surface area contributed by atoms with Gasteiger partial charge in [-0.05, 0) is 35.2 Å². The van der Waals surface area contributed by atoms with E-state index in [0.29, 0.717) is 44.9 Å². The van der Waals surface area contributed by atoms with Crippen LogP contribution in [-0.4, -0.2) is 30.1 Å². The second-order valence-corrected chi connectivity index (χ2v) is 6.29. The topological polar surface area (TPSA) is 94.5 Å². The second kappa shape index (κ2) is 5.44. The maximum atomic E-state index is 12.5. The fourth-order valence-corrected chi connectivity index (χ4v) is 3.68. The monoisotopic (exact) mass is 366 g/mol. The normalized spacial score (nSPS) is 14.3. The van der Waals surface area contributed by atoms with Gasteiger partial charge >= 0.3 is 5.97 Å². The molecule has 2 heterocycles. The lowest BCUT2D eigenvalue weighted by molar-refractivity contribution is 0.0535. The molecule has 0 bridgehead atoms. The van der Waals surface area contributed by atoms with Crippen molar-refractivity contribution >= 4 is 16.7 Å². The van der Waals surface area contributed by atoms with Crippen molar-refractivity contribution in [3.8, 4) is 39.9 Å². The second-order valence-electron chi connectivity index (χ2n) is 6.29. The summed E-state index contributed by atoms with van der Waals surface area (Å²) in [6.45, 7) is 0.212. The molecule has 2 aliphatic rings. The number of benzene rings is 3. The number of ether oxygens (including phenoxy) is 4. The molecule has 0 fully saturated rings. The van der Waals surface area contributed by atoms with Crippen LogP contribution in [0.1, 0.15) is 15.9 Å². The number of hydrogen-bond acceptors (Lipinski definition) is 7. The first kappa shape index (κ1) is 15.6. The van der Waals surface area contributed by atoms with Gasteiger partial charge in [-0.15, -0.1) is 0 Å². The van der Waals surface area contributed by atoms with Crippen LogP contribution in [0.2, 0.25) is 0 Å². The number of phenolic OH excluding ortho intramolecular Hbond substituents is 2. The number of esters is 1. The minimum atomic E-state index is -0.467. The van der Waals surface area contributed by atoms with Crippen LogP contribution < -0.4 is 14.2 Å². The van der Waals surface area contributed by atoms with E-state index in [2.05, 4.69) is 0 Å². The van der Waals surface area contributed by atoms with E-state index in [0.717, 1.165) is 5.39 Å². The minimum absolute atomic E-state index is 0.0960. The highest BCUT2D eigenvalue weighted by Crippen LogP contribution is 2.49. The molecular formula is C20H14O7. The average Bonchev–Trinajstić information content (AvgIpc) is 3.27. The zero-order valence-electron chi connectivity index (χ0n) is 14.2. The summed E-state index contributed by atoms with van der Waals surface area (Å²) in [5, 5.41) is 21.1. The van der Waals surface area contributed by atoms with Gasteiger partial charge in [0, 0.05) is 16.5 Å². The van der Waals surface area contributed by atoms with Gasteiger partial charge in [-0.2, -0.15) is 0 Å². The largest absolute Gasteiger partial charge is 0.504 e. The summed E-state index contributed by atoms with van der Waals surface area (Å²) in [7, 11) is 1.54. The Bertz CT molecular complexity index is 1130. The smallest absolute Gasteiger partial charge is 0.339 e. The van der Waals surface area contributed by atoms with Gasteiger partial charge < -0.3 is 29.2 Å². The summed E-state index contributed by atoms with van der Waals surface area (Å²) >= 11 is 0. The zero-order valence-corrected chi connectivity index (χ0v) is 14.2. The summed E-state index contributed by atoms with van der Waals surface area (Å²) in [6, 6.07) is 8.01. The molecule has 0 saturated carbocycles. The minimum Gasteiger partial charge on any atom is -0.504 e. The number of aromatic hydroxyl groups is 2. The van der Waals surface area contributed by atoms with Crippen molar-refractivity contribution in [2.24, 2.45) is 0 Å². The molecule has 27 heavy (non-hydrogen) atoms. The molecule has 0 aliphatic carbocycles. The number of cyclic esters (lactones) is 1. The SMILES string of the molecule is COc1c2c(c(-c3ccc(O)c(O)c3)c3cc4c(cc13)OCO4)C(=O)OC2. The molecule has 3 aromatic carbocycles. The molecule has 2 aliphatic heterocycles. The molecule has 0 amide bonds. The van der Waals surface area contributed by atoms with E-state index in [1.54, 1.807) is 12.1 Å². The first-order valence-electron chi connectivity index (χ1n) is 8.24. The van der Waals surface area contributed by atoms with Crippen LogP contribution >= 0.6 is 0 Å². The van der Waals surface area contributed by atoms with E-state index >= 15 is 0 Å². The predicted molar refractivity (Wildman–Crippen MR) is 94.5 cm³/mol. The Kier molecular flexibility index (Phi) is 3.15. The van der Waals surface area contributed by atoms with Crippen LogP contribution in [0.15, 0.2) is 30.3 Å². The molecule has 0 unspecified atom stereocenters. The van der Waals surface area contributed by atoms with Crippen molar-refractivity contribution in [2.45, 2.75) is 6.61 Å². The highest BCUT2D eigenvalue weighted by atomic mass is 16.7. The summed E-state index contributed by atoms with van der Waals surface area (Å²) < 4.78 is 21.8. The molecular weight excluding hydrogens is 352 g/mol. The van der Waals surface area contributed by atoms with Gasteiger partial charge in [-0.3, -0.25) is 0 Å². The van der Waals surface area contributed by atoms with E-state index in [9.17, 15) is 15.0 Å². The first-order valence-corrected chi connectivity index (χ1v) is 8.24. The van der Waals surface area contributed by atoms with Crippen LogP contribution in [-0.2, 0) is 11.3 Å². The highest BCUT2D eigenvalue weighted by Gasteiger charge is 2.33. The van der Waals surface area contributed by atoms with Gasteiger partial charge in [-0.1, -0.05) is 6.07 Å². The third-order valence-electron chi connectivity index (χ3n) is 4.87. The molecule has 0 saturated heterocycles. The van der Waals surface area contributed by atoms with Crippen LogP contribution in [0.3, 0.4) is 0 Å². The molecule has 136 valence electrons. The molecule has 3 aromatic rings. The average molecular weight is 366 g/mol. The summed E-state index contributed by atoms with van der Waals surface area (Å²) in [4.78, 5) is 12.5. The summed E-state index contributed by atoms with van der Waals surface area (Å²) in [6.07, 6.45) is 0. The van der Waals surface area contributed by atoms with E-state index in [1.165, 1.54) is 19.2 Å². The van der Waals surface area contributed by atoms with Gasteiger partial charge in [-0.25, -0.2) is 4.79 Å². The molecule has 0 atom stereocenters.